The smallest absolute Gasteiger partial charge is 0.137 e. The molecule has 0 bridgehead atoms. The second kappa shape index (κ2) is 5.90. The third kappa shape index (κ3) is 3.01. The third-order valence-corrected chi connectivity index (χ3v) is 5.12. The molecule has 0 aliphatic heterocycles. The van der Waals surface area contributed by atoms with E-state index < -0.39 is 6.10 Å². The van der Waals surface area contributed by atoms with E-state index in [2.05, 4.69) is 22.9 Å². The lowest BCUT2D eigenvalue weighted by Crippen LogP contribution is -2.40. The Kier molecular flexibility index (Phi) is 4.64. The SMILES string of the molecule is CC1CCC(CN)(C(O)c2ccc(F)c(Br)c2)CC1. The topological polar surface area (TPSA) is 46.2 Å². The van der Waals surface area contributed by atoms with Crippen LogP contribution < -0.4 is 5.73 Å². The van der Waals surface area contributed by atoms with Crippen LogP contribution in [0.25, 0.3) is 0 Å². The van der Waals surface area contributed by atoms with Gasteiger partial charge in [0.2, 0.25) is 0 Å². The highest BCUT2D eigenvalue weighted by molar-refractivity contribution is 9.10. The van der Waals surface area contributed by atoms with Gasteiger partial charge in [0.1, 0.15) is 5.82 Å². The average molecular weight is 330 g/mol. The highest BCUT2D eigenvalue weighted by Gasteiger charge is 2.40. The van der Waals surface area contributed by atoms with Crippen LogP contribution in [0, 0.1) is 17.2 Å². The Bertz CT molecular complexity index is 444. The van der Waals surface area contributed by atoms with Crippen molar-refractivity contribution in [3.63, 3.8) is 0 Å². The van der Waals surface area contributed by atoms with Gasteiger partial charge in [-0.2, -0.15) is 0 Å². The molecule has 19 heavy (non-hydrogen) atoms. The molecule has 1 saturated carbocycles. The lowest BCUT2D eigenvalue weighted by Gasteiger charge is -2.42. The molecule has 1 aliphatic carbocycles. The molecule has 4 heteroatoms. The van der Waals surface area contributed by atoms with E-state index in [0.29, 0.717) is 16.9 Å². The normalized spacial score (nSPS) is 29.2. The van der Waals surface area contributed by atoms with E-state index in [9.17, 15) is 9.50 Å². The molecule has 1 unspecified atom stereocenters. The molecule has 0 radical (unpaired) electrons. The number of aliphatic hydroxyl groups excluding tert-OH is 1. The summed E-state index contributed by atoms with van der Waals surface area (Å²) in [6.45, 7) is 2.71. The van der Waals surface area contributed by atoms with Gasteiger partial charge in [-0.3, -0.25) is 0 Å². The quantitative estimate of drug-likeness (QED) is 0.886. The second-order valence-corrected chi connectivity index (χ2v) is 6.68. The number of hydrogen-bond acceptors (Lipinski definition) is 2. The summed E-state index contributed by atoms with van der Waals surface area (Å²) >= 11 is 3.17. The van der Waals surface area contributed by atoms with Crippen LogP contribution >= 0.6 is 15.9 Å². The van der Waals surface area contributed by atoms with Crippen molar-refractivity contribution in [1.82, 2.24) is 0 Å². The van der Waals surface area contributed by atoms with Crippen LogP contribution in [0.1, 0.15) is 44.3 Å². The summed E-state index contributed by atoms with van der Waals surface area (Å²) < 4.78 is 13.7. The lowest BCUT2D eigenvalue weighted by molar-refractivity contribution is -0.00825. The van der Waals surface area contributed by atoms with Crippen LogP contribution in [-0.4, -0.2) is 11.7 Å². The minimum atomic E-state index is -0.623. The minimum Gasteiger partial charge on any atom is -0.388 e. The van der Waals surface area contributed by atoms with Gasteiger partial charge in [-0.15, -0.1) is 0 Å². The maximum absolute atomic E-state index is 13.3. The molecule has 2 nitrogen and oxygen atoms in total. The fourth-order valence-corrected chi connectivity index (χ4v) is 3.36. The summed E-state index contributed by atoms with van der Waals surface area (Å²) in [4.78, 5) is 0. The average Bonchev–Trinajstić information content (AvgIpc) is 2.42. The van der Waals surface area contributed by atoms with Gasteiger partial charge in [0.25, 0.3) is 0 Å². The maximum atomic E-state index is 13.3. The number of halogens is 2. The van der Waals surface area contributed by atoms with E-state index in [0.717, 1.165) is 31.2 Å². The largest absolute Gasteiger partial charge is 0.388 e. The van der Waals surface area contributed by atoms with Gasteiger partial charge in [-0.1, -0.05) is 25.8 Å². The lowest BCUT2D eigenvalue weighted by atomic mass is 9.66. The molecular formula is C15H21BrFNO. The highest BCUT2D eigenvalue weighted by Crippen LogP contribution is 2.47. The van der Waals surface area contributed by atoms with E-state index in [1.54, 1.807) is 12.1 Å². The predicted octanol–water partition coefficient (Wildman–Crippen LogP) is 3.78. The van der Waals surface area contributed by atoms with Gasteiger partial charge in [0.05, 0.1) is 10.6 Å². The van der Waals surface area contributed by atoms with Gasteiger partial charge >= 0.3 is 0 Å². The zero-order valence-electron chi connectivity index (χ0n) is 11.2. The van der Waals surface area contributed by atoms with Gasteiger partial charge < -0.3 is 10.8 Å². The predicted molar refractivity (Wildman–Crippen MR) is 78.2 cm³/mol. The Hall–Kier alpha value is -0.450. The molecule has 1 fully saturated rings. The van der Waals surface area contributed by atoms with Crippen LogP contribution in [0.15, 0.2) is 22.7 Å². The number of aliphatic hydroxyl groups is 1. The summed E-state index contributed by atoms with van der Waals surface area (Å²) in [5, 5.41) is 10.7. The third-order valence-electron chi connectivity index (χ3n) is 4.52. The van der Waals surface area contributed by atoms with Crippen molar-refractivity contribution in [2.45, 2.75) is 38.7 Å². The van der Waals surface area contributed by atoms with Crippen molar-refractivity contribution in [3.8, 4) is 0 Å². The van der Waals surface area contributed by atoms with Gasteiger partial charge in [-0.25, -0.2) is 4.39 Å². The van der Waals surface area contributed by atoms with E-state index in [1.807, 2.05) is 0 Å². The number of nitrogens with two attached hydrogens (primary N) is 1. The molecule has 1 aliphatic rings. The monoisotopic (exact) mass is 329 g/mol. The number of hydrogen-bond donors (Lipinski definition) is 2. The number of rotatable bonds is 3. The van der Waals surface area contributed by atoms with Gasteiger partial charge in [0.15, 0.2) is 0 Å². The van der Waals surface area contributed by atoms with Crippen molar-refractivity contribution in [2.75, 3.05) is 6.54 Å². The molecule has 1 aromatic carbocycles. The first-order valence-electron chi connectivity index (χ1n) is 6.81. The molecule has 2 rings (SSSR count). The number of benzene rings is 1. The molecule has 3 N–H and O–H groups in total. The molecule has 0 amide bonds. The van der Waals surface area contributed by atoms with Crippen molar-refractivity contribution in [3.05, 3.63) is 34.1 Å². The zero-order valence-corrected chi connectivity index (χ0v) is 12.8. The summed E-state index contributed by atoms with van der Waals surface area (Å²) in [6.07, 6.45) is 3.43. The van der Waals surface area contributed by atoms with Crippen molar-refractivity contribution >= 4 is 15.9 Å². The minimum absolute atomic E-state index is 0.260. The van der Waals surface area contributed by atoms with E-state index in [-0.39, 0.29) is 11.2 Å². The summed E-state index contributed by atoms with van der Waals surface area (Å²) in [6, 6.07) is 4.70. The van der Waals surface area contributed by atoms with E-state index in [1.165, 1.54) is 6.07 Å². The maximum Gasteiger partial charge on any atom is 0.137 e. The standard InChI is InChI=1S/C15H21BrFNO/c1-10-4-6-15(9-18,7-5-10)14(19)11-2-3-13(17)12(16)8-11/h2-3,8,10,14,19H,4-7,9,18H2,1H3. The fraction of sp³-hybridized carbons (Fsp3) is 0.600. The first-order valence-corrected chi connectivity index (χ1v) is 7.61. The Morgan fingerprint density at radius 2 is 2.11 bits per heavy atom. The Morgan fingerprint density at radius 1 is 1.47 bits per heavy atom. The Balaban J connectivity index is 2.25. The first-order chi connectivity index (χ1) is 8.98. The van der Waals surface area contributed by atoms with E-state index >= 15 is 0 Å². The van der Waals surface area contributed by atoms with Gasteiger partial charge in [0, 0.05) is 12.0 Å². The van der Waals surface area contributed by atoms with Crippen LogP contribution in [0.5, 0.6) is 0 Å². The molecule has 106 valence electrons. The fourth-order valence-electron chi connectivity index (χ4n) is 2.96. The summed E-state index contributed by atoms with van der Waals surface area (Å²) in [5.74, 6) is 0.391. The molecule has 0 aromatic heterocycles. The van der Waals surface area contributed by atoms with Crippen LogP contribution in [0.3, 0.4) is 0 Å². The highest BCUT2D eigenvalue weighted by atomic mass is 79.9. The van der Waals surface area contributed by atoms with E-state index in [4.69, 9.17) is 5.73 Å². The summed E-state index contributed by atoms with van der Waals surface area (Å²) in [5.41, 5.74) is 6.43. The Labute approximate surface area is 122 Å². The molecular weight excluding hydrogens is 309 g/mol. The first kappa shape index (κ1) is 14.9. The zero-order chi connectivity index (χ0) is 14.0. The molecule has 0 saturated heterocycles. The van der Waals surface area contributed by atoms with Gasteiger partial charge in [-0.05, 0) is 52.4 Å². The molecule has 1 aromatic rings. The van der Waals surface area contributed by atoms with Crippen LogP contribution in [0.4, 0.5) is 4.39 Å². The van der Waals surface area contributed by atoms with Crippen molar-refractivity contribution in [2.24, 2.45) is 17.1 Å². The molecule has 1 atom stereocenters. The van der Waals surface area contributed by atoms with Crippen LogP contribution in [-0.2, 0) is 0 Å². The second-order valence-electron chi connectivity index (χ2n) is 5.83. The van der Waals surface area contributed by atoms with Crippen molar-refractivity contribution < 1.29 is 9.50 Å². The van der Waals surface area contributed by atoms with Crippen LogP contribution in [0.2, 0.25) is 0 Å². The van der Waals surface area contributed by atoms with Crippen molar-refractivity contribution in [1.29, 1.82) is 0 Å². The summed E-state index contributed by atoms with van der Waals surface area (Å²) in [7, 11) is 0. The Morgan fingerprint density at radius 3 is 2.63 bits per heavy atom. The molecule has 0 spiro atoms. The molecule has 0 heterocycles.